The lowest BCUT2D eigenvalue weighted by atomic mass is 10.0. The monoisotopic (exact) mass is 293 g/mol. The van der Waals surface area contributed by atoms with Gasteiger partial charge in [0.1, 0.15) is 0 Å². The second kappa shape index (κ2) is 6.09. The Labute approximate surface area is 121 Å². The maximum Gasteiger partial charge on any atom is 0.419 e. The minimum atomic E-state index is -1.35. The maximum atomic E-state index is 10.6. The van der Waals surface area contributed by atoms with Gasteiger partial charge in [0.15, 0.2) is 0 Å². The van der Waals surface area contributed by atoms with Crippen molar-refractivity contribution in [1.29, 1.82) is 0 Å². The molecule has 0 aliphatic rings. The zero-order valence-corrected chi connectivity index (χ0v) is 11.5. The molecule has 1 radical (unpaired) electrons. The maximum absolute atomic E-state index is 10.6. The average molecular weight is 294 g/mol. The summed E-state index contributed by atoms with van der Waals surface area (Å²) in [4.78, 5) is 10.6. The first kappa shape index (κ1) is 13.9. The minimum Gasteiger partial charge on any atom is -0.430 e. The molecule has 2 aromatic carbocycles. The lowest BCUT2D eigenvalue weighted by Crippen LogP contribution is -2.26. The Hall–Kier alpha value is -1.51. The highest BCUT2D eigenvalue weighted by atomic mass is 35.5. The van der Waals surface area contributed by atoms with Gasteiger partial charge in [0.2, 0.25) is 5.06 Å². The van der Waals surface area contributed by atoms with Crippen LogP contribution in [0, 0.1) is 0 Å². The molecule has 0 N–H and O–H groups in total. The summed E-state index contributed by atoms with van der Waals surface area (Å²) in [5, 5.41) is -0.898. The quantitative estimate of drug-likeness (QED) is 0.777. The summed E-state index contributed by atoms with van der Waals surface area (Å²) in [5.74, 6) is 0. The van der Waals surface area contributed by atoms with E-state index in [2.05, 4.69) is 0 Å². The van der Waals surface area contributed by atoms with Gasteiger partial charge in [-0.1, -0.05) is 71.7 Å². The summed E-state index contributed by atoms with van der Waals surface area (Å²) in [6.45, 7) is 1.41. The van der Waals surface area contributed by atoms with Gasteiger partial charge in [-0.3, -0.25) is 0 Å². The number of ether oxygens (including phenoxy) is 1. The van der Waals surface area contributed by atoms with Crippen LogP contribution < -0.4 is 0 Å². The highest BCUT2D eigenvalue weighted by Crippen LogP contribution is 2.37. The van der Waals surface area contributed by atoms with E-state index in [0.29, 0.717) is 17.0 Å². The number of alkyl halides is 1. The second-order valence-electron chi connectivity index (χ2n) is 4.06. The van der Waals surface area contributed by atoms with E-state index in [1.807, 2.05) is 30.3 Å². The third-order valence-corrected chi connectivity index (χ3v) is 3.50. The molecule has 0 spiro atoms. The van der Waals surface area contributed by atoms with Crippen LogP contribution in [0.5, 0.6) is 0 Å². The van der Waals surface area contributed by atoms with Gasteiger partial charge >= 0.3 is 6.47 Å². The SMILES string of the molecule is O=[C]OC(Cl)(Cc1ccccc1)c1ccccc1Cl. The molecule has 0 saturated heterocycles. The highest BCUT2D eigenvalue weighted by molar-refractivity contribution is 6.33. The normalized spacial score (nSPS) is 13.6. The van der Waals surface area contributed by atoms with Crippen LogP contribution in [0.15, 0.2) is 54.6 Å². The van der Waals surface area contributed by atoms with Crippen LogP contribution in [0.1, 0.15) is 11.1 Å². The van der Waals surface area contributed by atoms with Crippen LogP contribution in [0.25, 0.3) is 0 Å². The van der Waals surface area contributed by atoms with E-state index >= 15 is 0 Å². The molecule has 1 unspecified atom stereocenters. The van der Waals surface area contributed by atoms with Crippen LogP contribution >= 0.6 is 23.2 Å². The van der Waals surface area contributed by atoms with Crippen molar-refractivity contribution in [2.24, 2.45) is 0 Å². The molecule has 0 saturated carbocycles. The van der Waals surface area contributed by atoms with E-state index in [1.54, 1.807) is 24.3 Å². The van der Waals surface area contributed by atoms with Gasteiger partial charge in [-0.15, -0.1) is 0 Å². The van der Waals surface area contributed by atoms with Crippen molar-refractivity contribution in [3.05, 3.63) is 70.7 Å². The second-order valence-corrected chi connectivity index (χ2v) is 5.07. The Balaban J connectivity index is 2.38. The van der Waals surface area contributed by atoms with Crippen molar-refractivity contribution in [2.45, 2.75) is 11.5 Å². The van der Waals surface area contributed by atoms with Crippen molar-refractivity contribution >= 4 is 29.7 Å². The first-order chi connectivity index (χ1) is 9.15. The molecule has 2 nitrogen and oxygen atoms in total. The Morgan fingerprint density at radius 1 is 1.05 bits per heavy atom. The van der Waals surface area contributed by atoms with Crippen molar-refractivity contribution in [3.63, 3.8) is 0 Å². The molecule has 0 aliphatic heterocycles. The molecule has 4 heteroatoms. The largest absolute Gasteiger partial charge is 0.430 e. The first-order valence-corrected chi connectivity index (χ1v) is 6.44. The van der Waals surface area contributed by atoms with Gasteiger partial charge in [0.25, 0.3) is 0 Å². The summed E-state index contributed by atoms with van der Waals surface area (Å²) in [6, 6.07) is 16.5. The Morgan fingerprint density at radius 3 is 2.32 bits per heavy atom. The summed E-state index contributed by atoms with van der Waals surface area (Å²) in [5.41, 5.74) is 1.48. The van der Waals surface area contributed by atoms with Crippen LogP contribution in [-0.4, -0.2) is 6.47 Å². The smallest absolute Gasteiger partial charge is 0.419 e. The number of rotatable bonds is 5. The molecule has 0 aliphatic carbocycles. The van der Waals surface area contributed by atoms with Gasteiger partial charge in [0.05, 0.1) is 0 Å². The van der Waals surface area contributed by atoms with Crippen molar-refractivity contribution in [2.75, 3.05) is 0 Å². The van der Waals surface area contributed by atoms with Crippen molar-refractivity contribution in [3.8, 4) is 0 Å². The third kappa shape index (κ3) is 3.28. The lowest BCUT2D eigenvalue weighted by Gasteiger charge is -2.26. The molecule has 97 valence electrons. The highest BCUT2D eigenvalue weighted by Gasteiger charge is 2.34. The van der Waals surface area contributed by atoms with Crippen molar-refractivity contribution in [1.82, 2.24) is 0 Å². The number of halogens is 2. The average Bonchev–Trinajstić information content (AvgIpc) is 2.40. The van der Waals surface area contributed by atoms with Crippen LogP contribution in [-0.2, 0) is 21.0 Å². The molecule has 2 aromatic rings. The van der Waals surface area contributed by atoms with Gasteiger partial charge in [-0.25, -0.2) is 4.79 Å². The zero-order chi connectivity index (χ0) is 13.7. The first-order valence-electron chi connectivity index (χ1n) is 5.69. The van der Waals surface area contributed by atoms with Crippen LogP contribution in [0.3, 0.4) is 0 Å². The summed E-state index contributed by atoms with van der Waals surface area (Å²) in [6.07, 6.45) is 0.314. The summed E-state index contributed by atoms with van der Waals surface area (Å²) >= 11 is 12.6. The van der Waals surface area contributed by atoms with Gasteiger partial charge in [0, 0.05) is 17.0 Å². The summed E-state index contributed by atoms with van der Waals surface area (Å²) < 4.78 is 4.98. The van der Waals surface area contributed by atoms with Gasteiger partial charge in [-0.05, 0) is 11.6 Å². The minimum absolute atomic E-state index is 0.314. The zero-order valence-electron chi connectivity index (χ0n) is 9.98. The Kier molecular flexibility index (Phi) is 4.46. The molecule has 1 atom stereocenters. The van der Waals surface area contributed by atoms with E-state index in [-0.39, 0.29) is 0 Å². The third-order valence-electron chi connectivity index (χ3n) is 2.75. The summed E-state index contributed by atoms with van der Waals surface area (Å²) in [7, 11) is 0. The van der Waals surface area contributed by atoms with Crippen LogP contribution in [0.2, 0.25) is 5.02 Å². The standard InChI is InChI=1S/C15H11Cl2O2/c16-14-9-5-4-8-13(14)15(17,19-11-18)10-12-6-2-1-3-7-12/h1-9H,10H2. The fourth-order valence-corrected chi connectivity index (χ4v) is 2.56. The molecule has 0 bridgehead atoms. The predicted molar refractivity (Wildman–Crippen MR) is 75.9 cm³/mol. The molecular formula is C15H11Cl2O2. The molecule has 0 amide bonds. The number of benzene rings is 2. The van der Waals surface area contributed by atoms with Gasteiger partial charge < -0.3 is 4.74 Å². The lowest BCUT2D eigenvalue weighted by molar-refractivity contribution is 0.135. The Bertz CT molecular complexity index is 557. The van der Waals surface area contributed by atoms with E-state index < -0.39 is 5.06 Å². The van der Waals surface area contributed by atoms with Crippen molar-refractivity contribution < 1.29 is 9.53 Å². The molecule has 0 heterocycles. The van der Waals surface area contributed by atoms with E-state index in [4.69, 9.17) is 27.9 Å². The fourth-order valence-electron chi connectivity index (χ4n) is 1.87. The number of hydrogen-bond donors (Lipinski definition) is 0. The Morgan fingerprint density at radius 2 is 1.68 bits per heavy atom. The fraction of sp³-hybridized carbons (Fsp3) is 0.133. The predicted octanol–water partition coefficient (Wildman–Crippen LogP) is 4.06. The molecule has 0 aromatic heterocycles. The topological polar surface area (TPSA) is 26.3 Å². The van der Waals surface area contributed by atoms with E-state index in [0.717, 1.165) is 5.56 Å². The van der Waals surface area contributed by atoms with Crippen LogP contribution in [0.4, 0.5) is 0 Å². The molecular weight excluding hydrogens is 283 g/mol. The molecule has 2 rings (SSSR count). The van der Waals surface area contributed by atoms with E-state index in [9.17, 15) is 4.79 Å². The number of carbonyl (C=O) groups excluding carboxylic acids is 1. The van der Waals surface area contributed by atoms with Gasteiger partial charge in [-0.2, -0.15) is 0 Å². The molecule has 19 heavy (non-hydrogen) atoms. The number of hydrogen-bond acceptors (Lipinski definition) is 2. The van der Waals surface area contributed by atoms with E-state index in [1.165, 1.54) is 6.47 Å². The molecule has 0 fully saturated rings.